The lowest BCUT2D eigenvalue weighted by Crippen LogP contribution is -2.19. The molecule has 0 aliphatic heterocycles. The van der Waals surface area contributed by atoms with Crippen molar-refractivity contribution in [1.29, 1.82) is 0 Å². The standard InChI is InChI=1S/C6H7Cl3O2/c1-5(4(10)11)2-3(5)6(7,8)9/h3H,2H2,1H3,(H,10,11)/t3-,5-/m0/s1. The van der Waals surface area contributed by atoms with Crippen LogP contribution in [0, 0.1) is 11.3 Å². The highest BCUT2D eigenvalue weighted by atomic mass is 35.6. The van der Waals surface area contributed by atoms with E-state index in [-0.39, 0.29) is 5.92 Å². The van der Waals surface area contributed by atoms with Gasteiger partial charge in [0.2, 0.25) is 0 Å². The monoisotopic (exact) mass is 216 g/mol. The van der Waals surface area contributed by atoms with Crippen molar-refractivity contribution < 1.29 is 9.90 Å². The summed E-state index contributed by atoms with van der Waals surface area (Å²) in [6.45, 7) is 1.59. The van der Waals surface area contributed by atoms with Crippen LogP contribution >= 0.6 is 34.8 Å². The van der Waals surface area contributed by atoms with Crippen LogP contribution in [0.25, 0.3) is 0 Å². The number of carboxylic acid groups (broad SMARTS) is 1. The topological polar surface area (TPSA) is 37.3 Å². The van der Waals surface area contributed by atoms with Crippen molar-refractivity contribution in [2.24, 2.45) is 11.3 Å². The largest absolute Gasteiger partial charge is 0.481 e. The van der Waals surface area contributed by atoms with Gasteiger partial charge in [-0.15, -0.1) is 0 Å². The Kier molecular flexibility index (Phi) is 2.07. The van der Waals surface area contributed by atoms with Gasteiger partial charge >= 0.3 is 5.97 Å². The Labute approximate surface area is 79.4 Å². The zero-order valence-corrected chi connectivity index (χ0v) is 8.04. The van der Waals surface area contributed by atoms with Crippen LogP contribution in [0.2, 0.25) is 0 Å². The molecule has 0 heterocycles. The summed E-state index contributed by atoms with van der Waals surface area (Å²) in [7, 11) is 0. The molecule has 0 bridgehead atoms. The Morgan fingerprint density at radius 3 is 2.18 bits per heavy atom. The van der Waals surface area contributed by atoms with Gasteiger partial charge in [0.05, 0.1) is 5.41 Å². The van der Waals surface area contributed by atoms with E-state index in [4.69, 9.17) is 39.9 Å². The van der Waals surface area contributed by atoms with Gasteiger partial charge in [-0.25, -0.2) is 0 Å². The molecule has 5 heteroatoms. The number of rotatable bonds is 1. The lowest BCUT2D eigenvalue weighted by Gasteiger charge is -2.12. The summed E-state index contributed by atoms with van der Waals surface area (Å²) in [5, 5.41) is 8.67. The fraction of sp³-hybridized carbons (Fsp3) is 0.833. The normalized spacial score (nSPS) is 36.9. The molecule has 2 atom stereocenters. The minimum Gasteiger partial charge on any atom is -0.481 e. The van der Waals surface area contributed by atoms with Gasteiger partial charge in [-0.3, -0.25) is 4.79 Å². The molecule has 1 aliphatic rings. The second-order valence-corrected chi connectivity index (χ2v) is 5.39. The van der Waals surface area contributed by atoms with Crippen LogP contribution < -0.4 is 0 Å². The predicted octanol–water partition coefficient (Wildman–Crippen LogP) is 2.47. The number of alkyl halides is 3. The van der Waals surface area contributed by atoms with Crippen molar-refractivity contribution in [2.75, 3.05) is 0 Å². The van der Waals surface area contributed by atoms with Crippen LogP contribution in [0.4, 0.5) is 0 Å². The van der Waals surface area contributed by atoms with Gasteiger partial charge in [0.1, 0.15) is 0 Å². The molecule has 0 aromatic rings. The van der Waals surface area contributed by atoms with E-state index < -0.39 is 15.2 Å². The summed E-state index contributed by atoms with van der Waals surface area (Å²) in [6.07, 6.45) is 0.443. The highest BCUT2D eigenvalue weighted by Crippen LogP contribution is 2.62. The SMILES string of the molecule is C[C@]1(C(=O)O)C[C@@H]1C(Cl)(Cl)Cl. The average molecular weight is 217 g/mol. The number of carbonyl (C=O) groups is 1. The lowest BCUT2D eigenvalue weighted by molar-refractivity contribution is -0.143. The molecular formula is C6H7Cl3O2. The van der Waals surface area contributed by atoms with Gasteiger partial charge < -0.3 is 5.11 Å². The fourth-order valence-electron chi connectivity index (χ4n) is 1.08. The summed E-state index contributed by atoms with van der Waals surface area (Å²) in [5.74, 6) is -1.24. The molecule has 2 nitrogen and oxygen atoms in total. The predicted molar refractivity (Wildman–Crippen MR) is 44.1 cm³/mol. The Morgan fingerprint density at radius 1 is 1.64 bits per heavy atom. The minimum atomic E-state index is -1.44. The first kappa shape index (κ1) is 9.43. The van der Waals surface area contributed by atoms with E-state index in [1.54, 1.807) is 6.92 Å². The van der Waals surface area contributed by atoms with E-state index in [0.717, 1.165) is 0 Å². The number of carboxylic acids is 1. The number of hydrogen-bond acceptors (Lipinski definition) is 1. The summed E-state index contributed by atoms with van der Waals surface area (Å²) in [5.41, 5.74) is -0.828. The first-order valence-corrected chi connectivity index (χ1v) is 4.22. The summed E-state index contributed by atoms with van der Waals surface area (Å²) in [4.78, 5) is 10.6. The third-order valence-corrected chi connectivity index (χ3v) is 2.91. The van der Waals surface area contributed by atoms with E-state index in [0.29, 0.717) is 6.42 Å². The molecule has 1 aliphatic carbocycles. The van der Waals surface area contributed by atoms with Gasteiger partial charge in [-0.1, -0.05) is 34.8 Å². The zero-order chi connectivity index (χ0) is 8.86. The van der Waals surface area contributed by atoms with Crippen molar-refractivity contribution in [3.05, 3.63) is 0 Å². The van der Waals surface area contributed by atoms with Crippen LogP contribution in [0.15, 0.2) is 0 Å². The van der Waals surface area contributed by atoms with Gasteiger partial charge in [0.25, 0.3) is 0 Å². The molecule has 0 spiro atoms. The molecule has 1 fully saturated rings. The maximum Gasteiger partial charge on any atom is 0.309 e. The third kappa shape index (κ3) is 1.58. The van der Waals surface area contributed by atoms with Gasteiger partial charge in [0.15, 0.2) is 3.79 Å². The molecule has 0 aromatic carbocycles. The molecule has 0 unspecified atom stereocenters. The fourth-order valence-corrected chi connectivity index (χ4v) is 2.03. The van der Waals surface area contributed by atoms with E-state index in [9.17, 15) is 4.79 Å². The third-order valence-electron chi connectivity index (χ3n) is 2.12. The molecule has 11 heavy (non-hydrogen) atoms. The molecule has 0 radical (unpaired) electrons. The number of halogens is 3. The van der Waals surface area contributed by atoms with Crippen molar-refractivity contribution in [3.8, 4) is 0 Å². The number of hydrogen-bond donors (Lipinski definition) is 1. The average Bonchev–Trinajstić information content (AvgIpc) is 2.41. The van der Waals surface area contributed by atoms with Crippen LogP contribution in [0.3, 0.4) is 0 Å². The zero-order valence-electron chi connectivity index (χ0n) is 5.77. The van der Waals surface area contributed by atoms with Crippen LogP contribution in [-0.4, -0.2) is 14.9 Å². The quantitative estimate of drug-likeness (QED) is 0.685. The Hall–Kier alpha value is 0.340. The molecule has 1 saturated carbocycles. The number of aliphatic carboxylic acids is 1. The molecule has 1 N–H and O–H groups in total. The smallest absolute Gasteiger partial charge is 0.309 e. The minimum absolute atomic E-state index is 0.350. The second kappa shape index (κ2) is 2.41. The molecule has 64 valence electrons. The molecule has 0 aromatic heterocycles. The van der Waals surface area contributed by atoms with Crippen LogP contribution in [0.5, 0.6) is 0 Å². The Bertz CT molecular complexity index is 198. The van der Waals surface area contributed by atoms with Gasteiger partial charge in [-0.2, -0.15) is 0 Å². The molecule has 0 amide bonds. The summed E-state index contributed by atoms with van der Waals surface area (Å²) in [6, 6.07) is 0. The van der Waals surface area contributed by atoms with Crippen molar-refractivity contribution in [1.82, 2.24) is 0 Å². The van der Waals surface area contributed by atoms with Gasteiger partial charge in [0, 0.05) is 5.92 Å². The van der Waals surface area contributed by atoms with Crippen LogP contribution in [0.1, 0.15) is 13.3 Å². The maximum atomic E-state index is 10.6. The molecule has 1 rings (SSSR count). The second-order valence-electron chi connectivity index (χ2n) is 3.02. The van der Waals surface area contributed by atoms with Crippen molar-refractivity contribution in [2.45, 2.75) is 17.1 Å². The van der Waals surface area contributed by atoms with Crippen molar-refractivity contribution >= 4 is 40.8 Å². The van der Waals surface area contributed by atoms with Gasteiger partial charge in [-0.05, 0) is 13.3 Å². The van der Waals surface area contributed by atoms with E-state index in [1.165, 1.54) is 0 Å². The maximum absolute atomic E-state index is 10.6. The molecule has 0 saturated heterocycles. The first-order chi connectivity index (χ1) is 4.78. The molecular weight excluding hydrogens is 210 g/mol. The summed E-state index contributed by atoms with van der Waals surface area (Å²) < 4.78 is -1.44. The first-order valence-electron chi connectivity index (χ1n) is 3.08. The summed E-state index contributed by atoms with van der Waals surface area (Å²) >= 11 is 16.6. The highest BCUT2D eigenvalue weighted by molar-refractivity contribution is 6.68. The lowest BCUT2D eigenvalue weighted by atomic mass is 10.1. The van der Waals surface area contributed by atoms with E-state index in [1.807, 2.05) is 0 Å². The van der Waals surface area contributed by atoms with E-state index >= 15 is 0 Å². The Balaban J connectivity index is 2.68. The Morgan fingerprint density at radius 2 is 2.09 bits per heavy atom. The van der Waals surface area contributed by atoms with E-state index in [2.05, 4.69) is 0 Å². The highest BCUT2D eigenvalue weighted by Gasteiger charge is 2.64. The van der Waals surface area contributed by atoms with Crippen LogP contribution in [-0.2, 0) is 4.79 Å². The van der Waals surface area contributed by atoms with Crippen molar-refractivity contribution in [3.63, 3.8) is 0 Å².